The van der Waals surface area contributed by atoms with Gasteiger partial charge in [-0.25, -0.2) is 8.42 Å². The number of carboxylic acids is 1. The van der Waals surface area contributed by atoms with Crippen LogP contribution in [0.25, 0.3) is 0 Å². The van der Waals surface area contributed by atoms with Gasteiger partial charge in [0, 0.05) is 6.54 Å². The fourth-order valence-corrected chi connectivity index (χ4v) is 3.77. The lowest BCUT2D eigenvalue weighted by Gasteiger charge is -2.19. The van der Waals surface area contributed by atoms with Gasteiger partial charge in [-0.05, 0) is 24.1 Å². The van der Waals surface area contributed by atoms with E-state index in [-0.39, 0.29) is 18.7 Å². The molecule has 1 heterocycles. The summed E-state index contributed by atoms with van der Waals surface area (Å²) in [7, 11) is -3.53. The van der Waals surface area contributed by atoms with E-state index in [2.05, 4.69) is 0 Å². The van der Waals surface area contributed by atoms with Gasteiger partial charge >= 0.3 is 5.97 Å². The molecule has 0 spiro atoms. The molecule has 7 heteroatoms. The standard InChI is InChI=1S/C12H12N2O4S/c13-7-9-2-1-3-10(6-9)8-14-11(12(15)16)4-5-19(14,17)18/h1-3,6,11H,4-5,8H2,(H,15,16)/t11-/m0/s1. The number of rotatable bonds is 3. The molecule has 1 aromatic carbocycles. The molecular weight excluding hydrogens is 268 g/mol. The molecule has 0 unspecified atom stereocenters. The van der Waals surface area contributed by atoms with Crippen molar-refractivity contribution in [2.45, 2.75) is 19.0 Å². The van der Waals surface area contributed by atoms with Crippen LogP contribution < -0.4 is 0 Å². The van der Waals surface area contributed by atoms with Gasteiger partial charge in [-0.3, -0.25) is 4.79 Å². The maximum absolute atomic E-state index is 11.8. The van der Waals surface area contributed by atoms with E-state index in [9.17, 15) is 13.2 Å². The van der Waals surface area contributed by atoms with Crippen LogP contribution in [0.2, 0.25) is 0 Å². The van der Waals surface area contributed by atoms with Crippen LogP contribution in [-0.4, -0.2) is 35.6 Å². The average Bonchev–Trinajstić information content (AvgIpc) is 2.66. The minimum Gasteiger partial charge on any atom is -0.480 e. The van der Waals surface area contributed by atoms with Crippen LogP contribution in [0.1, 0.15) is 17.5 Å². The lowest BCUT2D eigenvalue weighted by Crippen LogP contribution is -2.37. The molecule has 0 bridgehead atoms. The summed E-state index contributed by atoms with van der Waals surface area (Å²) in [5, 5.41) is 17.8. The van der Waals surface area contributed by atoms with Gasteiger partial charge in [0.2, 0.25) is 10.0 Å². The number of nitriles is 1. The van der Waals surface area contributed by atoms with Crippen molar-refractivity contribution >= 4 is 16.0 Å². The van der Waals surface area contributed by atoms with Gasteiger partial charge < -0.3 is 5.11 Å². The van der Waals surface area contributed by atoms with Gasteiger partial charge in [0.25, 0.3) is 0 Å². The third-order valence-corrected chi connectivity index (χ3v) is 4.88. The molecule has 0 saturated carbocycles. The Kier molecular flexibility index (Phi) is 3.55. The van der Waals surface area contributed by atoms with Gasteiger partial charge in [0.15, 0.2) is 0 Å². The third-order valence-electron chi connectivity index (χ3n) is 3.03. The number of sulfonamides is 1. The predicted molar refractivity (Wildman–Crippen MR) is 66.5 cm³/mol. The summed E-state index contributed by atoms with van der Waals surface area (Å²) in [5.74, 6) is -1.29. The highest BCUT2D eigenvalue weighted by Crippen LogP contribution is 2.24. The summed E-state index contributed by atoms with van der Waals surface area (Å²) in [4.78, 5) is 11.1. The van der Waals surface area contributed by atoms with Crippen molar-refractivity contribution in [3.8, 4) is 6.07 Å². The third kappa shape index (κ3) is 2.75. The maximum atomic E-state index is 11.8. The molecule has 2 rings (SSSR count). The zero-order valence-corrected chi connectivity index (χ0v) is 10.8. The highest BCUT2D eigenvalue weighted by molar-refractivity contribution is 7.89. The molecule has 6 nitrogen and oxygen atoms in total. The Morgan fingerprint density at radius 2 is 2.26 bits per heavy atom. The molecule has 1 fully saturated rings. The fraction of sp³-hybridized carbons (Fsp3) is 0.333. The first-order valence-corrected chi connectivity index (χ1v) is 7.26. The minimum atomic E-state index is -3.53. The van der Waals surface area contributed by atoms with Crippen LogP contribution in [0.3, 0.4) is 0 Å². The SMILES string of the molecule is N#Cc1cccc(CN2[C@H](C(=O)O)CCS2(=O)=O)c1. The van der Waals surface area contributed by atoms with Crippen molar-refractivity contribution < 1.29 is 18.3 Å². The molecule has 19 heavy (non-hydrogen) atoms. The Morgan fingerprint density at radius 3 is 2.89 bits per heavy atom. The molecule has 100 valence electrons. The largest absolute Gasteiger partial charge is 0.480 e. The zero-order valence-electron chi connectivity index (χ0n) is 9.98. The Labute approximate surface area is 110 Å². The molecule has 1 atom stereocenters. The predicted octanol–water partition coefficient (Wildman–Crippen LogP) is 0.547. The van der Waals surface area contributed by atoms with E-state index in [1.165, 1.54) is 0 Å². The lowest BCUT2D eigenvalue weighted by atomic mass is 10.1. The number of benzene rings is 1. The monoisotopic (exact) mass is 280 g/mol. The quantitative estimate of drug-likeness (QED) is 0.871. The van der Waals surface area contributed by atoms with Crippen LogP contribution in [-0.2, 0) is 21.4 Å². The molecule has 1 aliphatic heterocycles. The second kappa shape index (κ2) is 4.99. The Bertz CT molecular complexity index is 648. The highest BCUT2D eigenvalue weighted by Gasteiger charge is 2.41. The highest BCUT2D eigenvalue weighted by atomic mass is 32.2. The van der Waals surface area contributed by atoms with Crippen molar-refractivity contribution in [1.29, 1.82) is 5.26 Å². The van der Waals surface area contributed by atoms with Gasteiger partial charge in [-0.15, -0.1) is 0 Å². The lowest BCUT2D eigenvalue weighted by molar-refractivity contribution is -0.141. The molecule has 1 aliphatic rings. The van der Waals surface area contributed by atoms with Crippen LogP contribution >= 0.6 is 0 Å². The first-order chi connectivity index (χ1) is 8.94. The van der Waals surface area contributed by atoms with Crippen LogP contribution in [0.15, 0.2) is 24.3 Å². The van der Waals surface area contributed by atoms with E-state index in [1.54, 1.807) is 24.3 Å². The molecular formula is C12H12N2O4S. The van der Waals surface area contributed by atoms with E-state index in [4.69, 9.17) is 10.4 Å². The Balaban J connectivity index is 2.29. The molecule has 0 aliphatic carbocycles. The number of hydrogen-bond donors (Lipinski definition) is 1. The van der Waals surface area contributed by atoms with Crippen molar-refractivity contribution in [1.82, 2.24) is 4.31 Å². The van der Waals surface area contributed by atoms with Gasteiger partial charge in [0.1, 0.15) is 6.04 Å². The van der Waals surface area contributed by atoms with E-state index < -0.39 is 22.0 Å². The summed E-state index contributed by atoms with van der Waals surface area (Å²) < 4.78 is 24.7. The van der Waals surface area contributed by atoms with E-state index in [0.29, 0.717) is 11.1 Å². The van der Waals surface area contributed by atoms with Crippen molar-refractivity contribution in [2.24, 2.45) is 0 Å². The van der Waals surface area contributed by atoms with Crippen molar-refractivity contribution in [3.05, 3.63) is 35.4 Å². The fourth-order valence-electron chi connectivity index (χ4n) is 2.09. The van der Waals surface area contributed by atoms with Gasteiger partial charge in [-0.1, -0.05) is 12.1 Å². The zero-order chi connectivity index (χ0) is 14.0. The minimum absolute atomic E-state index is 0.0190. The van der Waals surface area contributed by atoms with E-state index >= 15 is 0 Å². The van der Waals surface area contributed by atoms with E-state index in [0.717, 1.165) is 4.31 Å². The molecule has 0 amide bonds. The van der Waals surface area contributed by atoms with Crippen molar-refractivity contribution in [2.75, 3.05) is 5.75 Å². The summed E-state index contributed by atoms with van der Waals surface area (Å²) in [6.07, 6.45) is 0.0929. The number of aliphatic carboxylic acids is 1. The van der Waals surface area contributed by atoms with Crippen molar-refractivity contribution in [3.63, 3.8) is 0 Å². The molecule has 1 saturated heterocycles. The van der Waals surface area contributed by atoms with Gasteiger partial charge in [-0.2, -0.15) is 9.57 Å². The summed E-state index contributed by atoms with van der Waals surface area (Å²) in [5.41, 5.74) is 1.02. The average molecular weight is 280 g/mol. The summed E-state index contributed by atoms with van der Waals surface area (Å²) in [6.45, 7) is -0.0190. The Morgan fingerprint density at radius 1 is 1.53 bits per heavy atom. The van der Waals surface area contributed by atoms with Gasteiger partial charge in [0.05, 0.1) is 17.4 Å². The maximum Gasteiger partial charge on any atom is 0.322 e. The number of carbonyl (C=O) groups is 1. The first-order valence-electron chi connectivity index (χ1n) is 5.65. The second-order valence-corrected chi connectivity index (χ2v) is 6.36. The van der Waals surface area contributed by atoms with Crippen LogP contribution in [0.5, 0.6) is 0 Å². The summed E-state index contributed by atoms with van der Waals surface area (Å²) in [6, 6.07) is 7.43. The van der Waals surface area contributed by atoms with E-state index in [1.807, 2.05) is 6.07 Å². The smallest absolute Gasteiger partial charge is 0.322 e. The van der Waals surface area contributed by atoms with Crippen LogP contribution in [0, 0.1) is 11.3 Å². The Hall–Kier alpha value is -1.91. The molecule has 1 N–H and O–H groups in total. The number of hydrogen-bond acceptors (Lipinski definition) is 4. The van der Waals surface area contributed by atoms with Crippen LogP contribution in [0.4, 0.5) is 0 Å². The topological polar surface area (TPSA) is 98.5 Å². The second-order valence-electron chi connectivity index (χ2n) is 4.32. The summed E-state index contributed by atoms with van der Waals surface area (Å²) >= 11 is 0. The number of carboxylic acid groups (broad SMARTS) is 1. The molecule has 0 radical (unpaired) electrons. The first kappa shape index (κ1) is 13.5. The molecule has 0 aromatic heterocycles. The normalized spacial score (nSPS) is 21.9. The molecule has 1 aromatic rings. The number of nitrogens with zero attached hydrogens (tertiary/aromatic N) is 2.